The van der Waals surface area contributed by atoms with Crippen LogP contribution in [0.3, 0.4) is 0 Å². The highest BCUT2D eigenvalue weighted by Crippen LogP contribution is 2.20. The van der Waals surface area contributed by atoms with Gasteiger partial charge in [0.2, 0.25) is 15.9 Å². The van der Waals surface area contributed by atoms with E-state index in [0.717, 1.165) is 5.56 Å². The summed E-state index contributed by atoms with van der Waals surface area (Å²) in [6, 6.07) is 14.9. The average Bonchev–Trinajstić information content (AvgIpc) is 2.74. The van der Waals surface area contributed by atoms with Crippen LogP contribution >= 0.6 is 0 Å². The first kappa shape index (κ1) is 23.5. The molecule has 30 heavy (non-hydrogen) atoms. The Balaban J connectivity index is 2.06. The van der Waals surface area contributed by atoms with E-state index in [4.69, 9.17) is 5.26 Å². The van der Waals surface area contributed by atoms with Crippen molar-refractivity contribution in [3.05, 3.63) is 59.7 Å². The van der Waals surface area contributed by atoms with Crippen LogP contribution in [-0.4, -0.2) is 37.8 Å². The van der Waals surface area contributed by atoms with Crippen LogP contribution < -0.4 is 10.6 Å². The zero-order valence-corrected chi connectivity index (χ0v) is 18.5. The summed E-state index contributed by atoms with van der Waals surface area (Å²) in [4.78, 5) is 12.8. The Hall–Kier alpha value is -2.73. The summed E-state index contributed by atoms with van der Waals surface area (Å²) in [5.41, 5.74) is 1.74. The minimum Gasteiger partial charge on any atom is -0.324 e. The third-order valence-electron chi connectivity index (χ3n) is 4.92. The molecular formula is C22H28N4O3S. The topological polar surface area (TPSA) is 102 Å². The molecule has 0 radical (unpaired) electrons. The van der Waals surface area contributed by atoms with Crippen LogP contribution in [0.4, 0.5) is 5.69 Å². The molecule has 0 bridgehead atoms. The van der Waals surface area contributed by atoms with E-state index in [2.05, 4.69) is 16.7 Å². The van der Waals surface area contributed by atoms with Gasteiger partial charge in [0.15, 0.2) is 0 Å². The zero-order valence-electron chi connectivity index (χ0n) is 17.7. The highest BCUT2D eigenvalue weighted by molar-refractivity contribution is 7.89. The van der Waals surface area contributed by atoms with Crippen LogP contribution in [0.2, 0.25) is 0 Å². The van der Waals surface area contributed by atoms with Gasteiger partial charge in [-0.1, -0.05) is 38.1 Å². The van der Waals surface area contributed by atoms with E-state index >= 15 is 0 Å². The maximum Gasteiger partial charge on any atom is 0.243 e. The summed E-state index contributed by atoms with van der Waals surface area (Å²) in [6.45, 7) is 8.09. The van der Waals surface area contributed by atoms with Crippen molar-refractivity contribution in [2.45, 2.75) is 44.7 Å². The van der Waals surface area contributed by atoms with E-state index in [1.165, 1.54) is 4.31 Å². The van der Waals surface area contributed by atoms with Gasteiger partial charge in [-0.05, 0) is 43.7 Å². The monoisotopic (exact) mass is 428 g/mol. The van der Waals surface area contributed by atoms with Gasteiger partial charge in [0.1, 0.15) is 6.07 Å². The molecular weight excluding hydrogens is 400 g/mol. The largest absolute Gasteiger partial charge is 0.324 e. The number of amides is 1. The summed E-state index contributed by atoms with van der Waals surface area (Å²) in [5, 5.41) is 15.1. The zero-order chi connectivity index (χ0) is 22.3. The summed E-state index contributed by atoms with van der Waals surface area (Å²) in [6.07, 6.45) is 0. The molecule has 160 valence electrons. The van der Waals surface area contributed by atoms with Crippen molar-refractivity contribution in [3.63, 3.8) is 0 Å². The molecule has 1 amide bonds. The molecule has 8 heteroatoms. The van der Waals surface area contributed by atoms with Gasteiger partial charge in [-0.25, -0.2) is 8.42 Å². The van der Waals surface area contributed by atoms with Gasteiger partial charge in [0.05, 0.1) is 22.2 Å². The molecule has 0 spiro atoms. The number of sulfonamides is 1. The summed E-state index contributed by atoms with van der Waals surface area (Å²) < 4.78 is 26.6. The van der Waals surface area contributed by atoms with E-state index in [1.54, 1.807) is 55.5 Å². The van der Waals surface area contributed by atoms with E-state index < -0.39 is 16.1 Å². The first-order chi connectivity index (χ1) is 14.2. The quantitative estimate of drug-likeness (QED) is 0.638. The number of anilines is 1. The first-order valence-electron chi connectivity index (χ1n) is 9.90. The minimum absolute atomic E-state index is 0.179. The summed E-state index contributed by atoms with van der Waals surface area (Å²) >= 11 is 0. The molecule has 2 aromatic rings. The van der Waals surface area contributed by atoms with Gasteiger partial charge < -0.3 is 5.32 Å². The second-order valence-corrected chi connectivity index (χ2v) is 8.85. The number of carbonyl (C=O) groups excluding carboxylic acids is 1. The fraction of sp³-hybridized carbons (Fsp3) is 0.364. The third-order valence-corrected chi connectivity index (χ3v) is 6.99. The van der Waals surface area contributed by atoms with Crippen LogP contribution in [-0.2, 0) is 14.8 Å². The summed E-state index contributed by atoms with van der Waals surface area (Å²) in [7, 11) is -3.50. The van der Waals surface area contributed by atoms with Crippen LogP contribution in [0.15, 0.2) is 53.4 Å². The highest BCUT2D eigenvalue weighted by Gasteiger charge is 2.22. The number of nitriles is 1. The molecule has 0 saturated carbocycles. The lowest BCUT2D eigenvalue weighted by atomic mass is 10.1. The fourth-order valence-corrected chi connectivity index (χ4v) is 4.58. The molecule has 7 nitrogen and oxygen atoms in total. The number of carbonyl (C=O) groups is 1. The lowest BCUT2D eigenvalue weighted by Crippen LogP contribution is -2.39. The van der Waals surface area contributed by atoms with Crippen molar-refractivity contribution >= 4 is 21.6 Å². The Bertz CT molecular complexity index is 1010. The molecule has 0 aromatic heterocycles. The number of nitrogens with zero attached hydrogens (tertiary/aromatic N) is 2. The number of hydrogen-bond donors (Lipinski definition) is 2. The predicted molar refractivity (Wildman–Crippen MR) is 117 cm³/mol. The van der Waals surface area contributed by atoms with Gasteiger partial charge in [-0.3, -0.25) is 10.1 Å². The van der Waals surface area contributed by atoms with E-state index in [1.807, 2.05) is 20.8 Å². The predicted octanol–water partition coefficient (Wildman–Crippen LogP) is 3.27. The minimum atomic E-state index is -3.50. The van der Waals surface area contributed by atoms with E-state index in [9.17, 15) is 13.2 Å². The van der Waals surface area contributed by atoms with Crippen LogP contribution in [0.25, 0.3) is 0 Å². The van der Waals surface area contributed by atoms with Gasteiger partial charge in [-0.2, -0.15) is 9.57 Å². The molecule has 2 unspecified atom stereocenters. The number of nitrogens with one attached hydrogen (secondary N) is 2. The van der Waals surface area contributed by atoms with E-state index in [-0.39, 0.29) is 16.8 Å². The Morgan fingerprint density at radius 2 is 1.67 bits per heavy atom. The normalized spacial score (nSPS) is 13.5. The maximum atomic E-state index is 12.6. The van der Waals surface area contributed by atoms with Crippen molar-refractivity contribution in [3.8, 4) is 6.07 Å². The lowest BCUT2D eigenvalue weighted by Gasteiger charge is -2.21. The second kappa shape index (κ2) is 10.3. The molecule has 2 aromatic carbocycles. The molecule has 0 aliphatic rings. The third kappa shape index (κ3) is 5.45. The first-order valence-corrected chi connectivity index (χ1v) is 11.3. The van der Waals surface area contributed by atoms with Gasteiger partial charge in [0, 0.05) is 19.1 Å². The Morgan fingerprint density at radius 1 is 1.07 bits per heavy atom. The van der Waals surface area contributed by atoms with Crippen molar-refractivity contribution in [2.24, 2.45) is 0 Å². The molecule has 2 rings (SSSR count). The van der Waals surface area contributed by atoms with E-state index in [0.29, 0.717) is 24.3 Å². The molecule has 0 heterocycles. The van der Waals surface area contributed by atoms with Crippen molar-refractivity contribution in [1.82, 2.24) is 9.62 Å². The number of para-hydroxylation sites is 1. The number of benzene rings is 2. The van der Waals surface area contributed by atoms with Gasteiger partial charge in [0.25, 0.3) is 0 Å². The molecule has 0 aliphatic carbocycles. The number of hydrogen-bond acceptors (Lipinski definition) is 5. The fourth-order valence-electron chi connectivity index (χ4n) is 3.12. The number of rotatable bonds is 9. The summed E-state index contributed by atoms with van der Waals surface area (Å²) in [5.74, 6) is -0.259. The van der Waals surface area contributed by atoms with Crippen LogP contribution in [0.5, 0.6) is 0 Å². The molecule has 0 fully saturated rings. The standard InChI is InChI=1S/C22H28N4O3S/c1-5-26(6-2)30(28,29)20-13-11-18(12-14-20)16(3)24-17(4)22(27)25-21-10-8-7-9-19(21)15-23/h7-14,16-17,24H,5-6H2,1-4H3,(H,25,27). The molecule has 0 saturated heterocycles. The van der Waals surface area contributed by atoms with Crippen molar-refractivity contribution < 1.29 is 13.2 Å². The molecule has 2 atom stereocenters. The Labute approximate surface area is 178 Å². The van der Waals surface area contributed by atoms with Crippen LogP contribution in [0.1, 0.15) is 44.9 Å². The second-order valence-electron chi connectivity index (χ2n) is 6.92. The Kier molecular flexibility index (Phi) is 8.12. The molecule has 0 aliphatic heterocycles. The Morgan fingerprint density at radius 3 is 2.23 bits per heavy atom. The molecule has 2 N–H and O–H groups in total. The van der Waals surface area contributed by atoms with Crippen molar-refractivity contribution in [2.75, 3.05) is 18.4 Å². The SMILES string of the molecule is CCN(CC)S(=O)(=O)c1ccc(C(C)NC(C)C(=O)Nc2ccccc2C#N)cc1. The average molecular weight is 429 g/mol. The highest BCUT2D eigenvalue weighted by atomic mass is 32.2. The van der Waals surface area contributed by atoms with Gasteiger partial charge in [-0.15, -0.1) is 0 Å². The van der Waals surface area contributed by atoms with Crippen LogP contribution in [0, 0.1) is 11.3 Å². The van der Waals surface area contributed by atoms with Crippen molar-refractivity contribution in [1.29, 1.82) is 5.26 Å². The smallest absolute Gasteiger partial charge is 0.243 e. The lowest BCUT2D eigenvalue weighted by molar-refractivity contribution is -0.117. The maximum absolute atomic E-state index is 12.6. The van der Waals surface area contributed by atoms with Gasteiger partial charge >= 0.3 is 0 Å².